The Bertz CT molecular complexity index is 483. The van der Waals surface area contributed by atoms with Crippen molar-refractivity contribution in [3.8, 4) is 5.75 Å². The molecule has 6 heteroatoms. The average Bonchev–Trinajstić information content (AvgIpc) is 2.62. The summed E-state index contributed by atoms with van der Waals surface area (Å²) >= 11 is 9.19. The number of benzene rings is 1. The normalized spacial score (nSPS) is 10.4. The molecule has 0 amide bonds. The Hall–Kier alpha value is -1.07. The van der Waals surface area contributed by atoms with Gasteiger partial charge in [0.05, 0.1) is 13.7 Å². The van der Waals surface area contributed by atoms with Gasteiger partial charge in [-0.05, 0) is 33.6 Å². The van der Waals surface area contributed by atoms with Crippen LogP contribution in [0, 0.1) is 0 Å². The lowest BCUT2D eigenvalue weighted by Gasteiger charge is -2.03. The molecule has 0 N–H and O–H groups in total. The Kier molecular flexibility index (Phi) is 3.46. The highest BCUT2D eigenvalue weighted by Crippen LogP contribution is 2.20. The molecule has 2 rings (SSSR count). The molecule has 0 bridgehead atoms. The van der Waals surface area contributed by atoms with Gasteiger partial charge < -0.3 is 4.74 Å². The van der Waals surface area contributed by atoms with Crippen molar-refractivity contribution >= 4 is 27.5 Å². The molecular weight excluding hydrogens is 293 g/mol. The second-order valence-electron chi connectivity index (χ2n) is 3.18. The minimum atomic E-state index is 0.496. The zero-order chi connectivity index (χ0) is 11.5. The summed E-state index contributed by atoms with van der Waals surface area (Å²) in [6.07, 6.45) is 0. The van der Waals surface area contributed by atoms with E-state index in [-0.39, 0.29) is 0 Å². The van der Waals surface area contributed by atoms with Crippen LogP contribution in [0.2, 0.25) is 5.15 Å². The molecule has 0 fully saturated rings. The summed E-state index contributed by atoms with van der Waals surface area (Å²) < 4.78 is 7.26. The number of hydrogen-bond donors (Lipinski definition) is 0. The molecule has 1 aromatic carbocycles. The van der Waals surface area contributed by atoms with E-state index in [1.165, 1.54) is 0 Å². The summed E-state index contributed by atoms with van der Waals surface area (Å²) in [6, 6.07) is 7.72. The van der Waals surface area contributed by atoms with E-state index in [0.29, 0.717) is 16.3 Å². The predicted molar refractivity (Wildman–Crippen MR) is 64.8 cm³/mol. The molecule has 16 heavy (non-hydrogen) atoms. The van der Waals surface area contributed by atoms with Crippen LogP contribution in [-0.2, 0) is 6.54 Å². The number of hydrogen-bond acceptors (Lipinski definition) is 3. The van der Waals surface area contributed by atoms with Gasteiger partial charge in [-0.25, -0.2) is 4.68 Å². The monoisotopic (exact) mass is 301 g/mol. The van der Waals surface area contributed by atoms with Crippen molar-refractivity contribution < 1.29 is 4.74 Å². The van der Waals surface area contributed by atoms with Crippen molar-refractivity contribution in [1.82, 2.24) is 15.0 Å². The van der Waals surface area contributed by atoms with Gasteiger partial charge in [-0.3, -0.25) is 0 Å². The summed E-state index contributed by atoms with van der Waals surface area (Å²) in [6.45, 7) is 0.585. The summed E-state index contributed by atoms with van der Waals surface area (Å²) in [4.78, 5) is 0. The fraction of sp³-hybridized carbons (Fsp3) is 0.200. The molecule has 84 valence electrons. The third-order valence-corrected chi connectivity index (χ3v) is 3.27. The highest BCUT2D eigenvalue weighted by atomic mass is 79.9. The fourth-order valence-electron chi connectivity index (χ4n) is 1.29. The summed E-state index contributed by atoms with van der Waals surface area (Å²) in [5.74, 6) is 0.828. The van der Waals surface area contributed by atoms with Crippen molar-refractivity contribution in [2.24, 2.45) is 0 Å². The third kappa shape index (κ3) is 2.36. The molecule has 0 saturated carbocycles. The Labute approximate surface area is 106 Å². The highest BCUT2D eigenvalue weighted by molar-refractivity contribution is 9.10. The minimum Gasteiger partial charge on any atom is -0.497 e. The lowest BCUT2D eigenvalue weighted by Crippen LogP contribution is -2.01. The number of nitrogens with zero attached hydrogens (tertiary/aromatic N) is 3. The quantitative estimate of drug-likeness (QED) is 0.875. The topological polar surface area (TPSA) is 39.9 Å². The van der Waals surface area contributed by atoms with E-state index in [4.69, 9.17) is 16.3 Å². The van der Waals surface area contributed by atoms with Gasteiger partial charge in [0.25, 0.3) is 0 Å². The first kappa shape index (κ1) is 11.4. The first-order valence-corrected chi connectivity index (χ1v) is 5.75. The molecule has 1 aromatic heterocycles. The molecule has 1 heterocycles. The van der Waals surface area contributed by atoms with Gasteiger partial charge in [0.1, 0.15) is 5.75 Å². The second kappa shape index (κ2) is 4.84. The van der Waals surface area contributed by atoms with Gasteiger partial charge in [0.15, 0.2) is 9.76 Å². The Balaban J connectivity index is 2.17. The first-order chi connectivity index (χ1) is 7.70. The van der Waals surface area contributed by atoms with E-state index in [1.807, 2.05) is 24.3 Å². The van der Waals surface area contributed by atoms with Crippen LogP contribution in [0.3, 0.4) is 0 Å². The van der Waals surface area contributed by atoms with Gasteiger partial charge in [0, 0.05) is 0 Å². The molecule has 0 aliphatic carbocycles. The average molecular weight is 303 g/mol. The van der Waals surface area contributed by atoms with Crippen LogP contribution in [0.1, 0.15) is 5.56 Å². The van der Waals surface area contributed by atoms with Crippen molar-refractivity contribution in [3.05, 3.63) is 39.6 Å². The van der Waals surface area contributed by atoms with E-state index < -0.39 is 0 Å². The number of rotatable bonds is 3. The molecule has 4 nitrogen and oxygen atoms in total. The SMILES string of the molecule is COc1ccc(Cn2nnc(Br)c2Cl)cc1. The molecular formula is C10H9BrClN3O. The van der Waals surface area contributed by atoms with Crippen molar-refractivity contribution in [3.63, 3.8) is 0 Å². The fourth-order valence-corrected chi connectivity index (χ4v) is 1.69. The molecule has 2 aromatic rings. The van der Waals surface area contributed by atoms with Gasteiger partial charge in [-0.2, -0.15) is 0 Å². The van der Waals surface area contributed by atoms with E-state index in [9.17, 15) is 0 Å². The van der Waals surface area contributed by atoms with Crippen LogP contribution in [-0.4, -0.2) is 22.1 Å². The molecule has 0 radical (unpaired) electrons. The summed E-state index contributed by atoms with van der Waals surface area (Å²) in [7, 11) is 1.64. The first-order valence-electron chi connectivity index (χ1n) is 4.58. The molecule has 0 atom stereocenters. The van der Waals surface area contributed by atoms with Crippen LogP contribution in [0.5, 0.6) is 5.75 Å². The molecule has 0 aliphatic heterocycles. The molecule has 0 unspecified atom stereocenters. The largest absolute Gasteiger partial charge is 0.497 e. The zero-order valence-corrected chi connectivity index (χ0v) is 10.9. The van der Waals surface area contributed by atoms with Crippen LogP contribution < -0.4 is 4.74 Å². The van der Waals surface area contributed by atoms with Gasteiger partial charge in [-0.1, -0.05) is 28.9 Å². The van der Waals surface area contributed by atoms with Gasteiger partial charge >= 0.3 is 0 Å². The number of aromatic nitrogens is 3. The van der Waals surface area contributed by atoms with Crippen LogP contribution in [0.4, 0.5) is 0 Å². The van der Waals surface area contributed by atoms with Gasteiger partial charge in [0.2, 0.25) is 0 Å². The van der Waals surface area contributed by atoms with Crippen molar-refractivity contribution in [1.29, 1.82) is 0 Å². The standard InChI is InChI=1S/C10H9BrClN3O/c1-16-8-4-2-7(3-5-8)6-15-10(12)9(11)13-14-15/h2-5H,6H2,1H3. The maximum atomic E-state index is 5.98. The lowest BCUT2D eigenvalue weighted by molar-refractivity contribution is 0.414. The Morgan fingerprint density at radius 2 is 2.06 bits per heavy atom. The number of ether oxygens (including phenoxy) is 1. The second-order valence-corrected chi connectivity index (χ2v) is 4.29. The van der Waals surface area contributed by atoms with Crippen LogP contribution in [0.15, 0.2) is 28.9 Å². The maximum Gasteiger partial charge on any atom is 0.167 e. The summed E-state index contributed by atoms with van der Waals surface area (Å²) in [5, 5.41) is 8.22. The van der Waals surface area contributed by atoms with E-state index in [2.05, 4.69) is 26.2 Å². The highest BCUT2D eigenvalue weighted by Gasteiger charge is 2.07. The molecule has 0 saturated heterocycles. The molecule has 0 aliphatic rings. The van der Waals surface area contributed by atoms with Crippen LogP contribution >= 0.6 is 27.5 Å². The lowest BCUT2D eigenvalue weighted by atomic mass is 10.2. The zero-order valence-electron chi connectivity index (χ0n) is 8.52. The molecule has 0 spiro atoms. The van der Waals surface area contributed by atoms with Crippen molar-refractivity contribution in [2.75, 3.05) is 7.11 Å². The Morgan fingerprint density at radius 1 is 1.38 bits per heavy atom. The van der Waals surface area contributed by atoms with E-state index in [1.54, 1.807) is 11.8 Å². The minimum absolute atomic E-state index is 0.496. The predicted octanol–water partition coefficient (Wildman–Crippen LogP) is 2.75. The maximum absolute atomic E-state index is 5.98. The third-order valence-electron chi connectivity index (χ3n) is 2.13. The van der Waals surface area contributed by atoms with Crippen molar-refractivity contribution in [2.45, 2.75) is 6.54 Å². The van der Waals surface area contributed by atoms with E-state index in [0.717, 1.165) is 11.3 Å². The Morgan fingerprint density at radius 3 is 2.56 bits per heavy atom. The smallest absolute Gasteiger partial charge is 0.167 e. The summed E-state index contributed by atoms with van der Waals surface area (Å²) in [5.41, 5.74) is 1.08. The van der Waals surface area contributed by atoms with Crippen LogP contribution in [0.25, 0.3) is 0 Å². The number of methoxy groups -OCH3 is 1. The number of halogens is 2. The van der Waals surface area contributed by atoms with Gasteiger partial charge in [-0.15, -0.1) is 5.10 Å². The van der Waals surface area contributed by atoms with E-state index >= 15 is 0 Å².